The highest BCUT2D eigenvalue weighted by Gasteiger charge is 2.51. The Morgan fingerprint density at radius 1 is 1.28 bits per heavy atom. The lowest BCUT2D eigenvalue weighted by atomic mass is 10.2. The second-order valence-electron chi connectivity index (χ2n) is 6.39. The van der Waals surface area contributed by atoms with Gasteiger partial charge in [-0.2, -0.15) is 13.2 Å². The molecule has 12 heteroatoms. The molecule has 1 atom stereocenters. The zero-order chi connectivity index (χ0) is 21.5. The van der Waals surface area contributed by atoms with Crippen LogP contribution >= 0.6 is 11.8 Å². The average Bonchev–Trinajstić information content (AvgIpc) is 2.99. The number of hydrogen-bond acceptors (Lipinski definition) is 5. The van der Waals surface area contributed by atoms with Crippen LogP contribution in [0.2, 0.25) is 0 Å². The van der Waals surface area contributed by atoms with Crippen molar-refractivity contribution in [3.8, 4) is 0 Å². The maximum atomic E-state index is 12.8. The molecule has 154 valence electrons. The maximum absolute atomic E-state index is 12.8. The van der Waals surface area contributed by atoms with Gasteiger partial charge in [-0.1, -0.05) is 6.07 Å². The number of amides is 4. The van der Waals surface area contributed by atoms with E-state index in [9.17, 15) is 27.6 Å². The van der Waals surface area contributed by atoms with E-state index < -0.39 is 35.6 Å². The molecule has 8 nitrogen and oxygen atoms in total. The quantitative estimate of drug-likeness (QED) is 0.743. The summed E-state index contributed by atoms with van der Waals surface area (Å²) in [6.45, 7) is 0. The van der Waals surface area contributed by atoms with Gasteiger partial charge in [0.1, 0.15) is 0 Å². The molecule has 3 rings (SSSR count). The number of thioether (sulfide) groups is 1. The monoisotopic (exact) mass is 428 g/mol. The van der Waals surface area contributed by atoms with Crippen molar-refractivity contribution in [2.24, 2.45) is 4.99 Å². The van der Waals surface area contributed by atoms with Crippen LogP contribution in [0.3, 0.4) is 0 Å². The van der Waals surface area contributed by atoms with Gasteiger partial charge >= 0.3 is 12.2 Å². The van der Waals surface area contributed by atoms with Gasteiger partial charge in [0.05, 0.1) is 25.4 Å². The first-order chi connectivity index (χ1) is 13.5. The number of aliphatic imine (C=N–C) groups is 1. The van der Waals surface area contributed by atoms with Crippen LogP contribution in [0, 0.1) is 0 Å². The third-order valence-electron chi connectivity index (χ3n) is 4.40. The van der Waals surface area contributed by atoms with E-state index in [1.165, 1.54) is 31.1 Å². The van der Waals surface area contributed by atoms with Crippen molar-refractivity contribution in [1.82, 2.24) is 9.80 Å². The molecule has 0 spiro atoms. The Labute approximate surface area is 168 Å². The van der Waals surface area contributed by atoms with Crippen LogP contribution < -0.4 is 5.32 Å². The molecule has 1 N–H and O–H groups in total. The summed E-state index contributed by atoms with van der Waals surface area (Å²) in [6, 6.07) is 2.96. The van der Waals surface area contributed by atoms with E-state index in [2.05, 4.69) is 10.3 Å². The first-order valence-corrected chi connectivity index (χ1v) is 9.33. The second-order valence-corrected chi connectivity index (χ2v) is 7.33. The standard InChI is InChI=1S/C17H16F3N5O3S/c1-23-13-12(14(27)25(3)16(28)24(13)2)22-15(23)29-8-11(26)21-10-6-4-5-9(7-10)17(18,19)20/h4-7,12H,8H2,1-3H3/p+1. The normalized spacial score (nSPS) is 19.5. The molecular formula is C17H17F3N5O3S+. The van der Waals surface area contributed by atoms with Gasteiger partial charge < -0.3 is 5.32 Å². The number of fused-ring (bicyclic) bond motifs is 1. The van der Waals surface area contributed by atoms with Crippen molar-refractivity contribution >= 4 is 46.3 Å². The molecule has 1 aromatic rings. The number of anilines is 1. The highest BCUT2D eigenvalue weighted by atomic mass is 32.2. The lowest BCUT2D eigenvalue weighted by Gasteiger charge is -2.27. The average molecular weight is 428 g/mol. The van der Waals surface area contributed by atoms with Gasteiger partial charge in [-0.25, -0.2) is 14.3 Å². The zero-order valence-corrected chi connectivity index (χ0v) is 16.5. The Bertz CT molecular complexity index is 960. The minimum absolute atomic E-state index is 0.0253. The van der Waals surface area contributed by atoms with E-state index in [-0.39, 0.29) is 11.4 Å². The summed E-state index contributed by atoms with van der Waals surface area (Å²) < 4.78 is 39.8. The third-order valence-corrected chi connectivity index (χ3v) is 5.45. The minimum atomic E-state index is -4.51. The van der Waals surface area contributed by atoms with Gasteiger partial charge in [0.15, 0.2) is 0 Å². The number of alkyl halides is 3. The van der Waals surface area contributed by atoms with E-state index in [0.717, 1.165) is 28.8 Å². The number of rotatable bonds is 3. The lowest BCUT2D eigenvalue weighted by molar-refractivity contribution is -0.367. The van der Waals surface area contributed by atoms with Crippen LogP contribution in [0.4, 0.5) is 23.7 Å². The molecule has 1 fully saturated rings. The number of halogens is 3. The number of carbonyl (C=O) groups excluding carboxylic acids is 3. The number of hydrogen-bond donors (Lipinski definition) is 1. The Kier molecular flexibility index (Phi) is 5.39. The summed E-state index contributed by atoms with van der Waals surface area (Å²) in [5.74, 6) is -0.753. The molecule has 0 saturated carbocycles. The van der Waals surface area contributed by atoms with Crippen molar-refractivity contribution < 1.29 is 32.1 Å². The Morgan fingerprint density at radius 2 is 1.97 bits per heavy atom. The molecule has 0 radical (unpaired) electrons. The summed E-state index contributed by atoms with van der Waals surface area (Å²) in [7, 11) is 4.50. The van der Waals surface area contributed by atoms with Gasteiger partial charge in [0, 0.05) is 12.7 Å². The summed E-state index contributed by atoms with van der Waals surface area (Å²) >= 11 is 1.01. The van der Waals surface area contributed by atoms with Crippen molar-refractivity contribution in [3.05, 3.63) is 29.8 Å². The highest BCUT2D eigenvalue weighted by Crippen LogP contribution is 2.30. The second kappa shape index (κ2) is 7.50. The molecule has 2 heterocycles. The Morgan fingerprint density at radius 3 is 2.62 bits per heavy atom. The first-order valence-electron chi connectivity index (χ1n) is 8.34. The molecule has 2 aliphatic heterocycles. The predicted molar refractivity (Wildman–Crippen MR) is 101 cm³/mol. The SMILES string of the molecule is CN1C(=O)C2N=C(SCC(=O)Nc3cccc(C(F)(F)F)c3)[N+](C)=C2N(C)C1=O. The number of amidine groups is 2. The zero-order valence-electron chi connectivity index (χ0n) is 15.6. The van der Waals surface area contributed by atoms with Crippen LogP contribution in [0.15, 0.2) is 29.3 Å². The first kappa shape index (κ1) is 20.8. The van der Waals surface area contributed by atoms with Gasteiger partial charge in [-0.05, 0) is 30.0 Å². The van der Waals surface area contributed by atoms with Gasteiger partial charge in [0.25, 0.3) is 23.0 Å². The number of nitrogens with zero attached hydrogens (tertiary/aromatic N) is 4. The number of urea groups is 1. The number of carbonyl (C=O) groups is 3. The highest BCUT2D eigenvalue weighted by molar-refractivity contribution is 8.14. The molecule has 1 saturated heterocycles. The fraction of sp³-hybridized carbons (Fsp3) is 0.353. The topological polar surface area (TPSA) is 85.1 Å². The van der Waals surface area contributed by atoms with Crippen LogP contribution in [-0.2, 0) is 15.8 Å². The van der Waals surface area contributed by atoms with Crippen molar-refractivity contribution in [2.45, 2.75) is 12.2 Å². The molecule has 2 aliphatic rings. The van der Waals surface area contributed by atoms with E-state index >= 15 is 0 Å². The maximum Gasteiger partial charge on any atom is 0.416 e. The van der Waals surface area contributed by atoms with Crippen molar-refractivity contribution in [1.29, 1.82) is 0 Å². The van der Waals surface area contributed by atoms with Gasteiger partial charge in [-0.15, -0.1) is 4.99 Å². The van der Waals surface area contributed by atoms with Crippen molar-refractivity contribution in [2.75, 3.05) is 32.2 Å². The molecule has 0 aliphatic carbocycles. The summed E-state index contributed by atoms with van der Waals surface area (Å²) in [5, 5.41) is 2.76. The molecule has 0 bridgehead atoms. The molecule has 4 amide bonds. The van der Waals surface area contributed by atoms with Crippen LogP contribution in [0.5, 0.6) is 0 Å². The molecule has 1 aromatic carbocycles. The molecular weight excluding hydrogens is 411 g/mol. The molecule has 29 heavy (non-hydrogen) atoms. The fourth-order valence-electron chi connectivity index (χ4n) is 2.95. The summed E-state index contributed by atoms with van der Waals surface area (Å²) in [6.07, 6.45) is -4.51. The largest absolute Gasteiger partial charge is 0.416 e. The lowest BCUT2D eigenvalue weighted by Crippen LogP contribution is -2.59. The molecule has 0 aromatic heterocycles. The fourth-order valence-corrected chi connectivity index (χ4v) is 3.74. The van der Waals surface area contributed by atoms with E-state index in [1.807, 2.05) is 0 Å². The van der Waals surface area contributed by atoms with E-state index in [1.54, 1.807) is 11.6 Å². The van der Waals surface area contributed by atoms with Crippen LogP contribution in [0.25, 0.3) is 0 Å². The number of likely N-dealkylation sites (N-methyl/N-ethyl adjacent to an activating group) is 2. The summed E-state index contributed by atoms with van der Waals surface area (Å²) in [4.78, 5) is 43.1. The van der Waals surface area contributed by atoms with Crippen molar-refractivity contribution in [3.63, 3.8) is 0 Å². The van der Waals surface area contributed by atoms with E-state index in [4.69, 9.17) is 0 Å². The third kappa shape index (κ3) is 3.97. The number of benzene rings is 1. The molecule has 1 unspecified atom stereocenters. The van der Waals surface area contributed by atoms with E-state index in [0.29, 0.717) is 11.0 Å². The van der Waals surface area contributed by atoms with Crippen LogP contribution in [0.1, 0.15) is 5.56 Å². The van der Waals surface area contributed by atoms with Gasteiger partial charge in [-0.3, -0.25) is 14.5 Å². The summed E-state index contributed by atoms with van der Waals surface area (Å²) in [5.41, 5.74) is -0.837. The minimum Gasteiger partial charge on any atom is -0.325 e. The smallest absolute Gasteiger partial charge is 0.325 e. The van der Waals surface area contributed by atoms with Gasteiger partial charge in [0.2, 0.25) is 5.91 Å². The number of nitrogens with one attached hydrogen (secondary N) is 1. The predicted octanol–water partition coefficient (Wildman–Crippen LogP) is 1.68. The van der Waals surface area contributed by atoms with Crippen LogP contribution in [-0.4, -0.2) is 76.2 Å². The number of imide groups is 1. The Balaban J connectivity index is 1.68. The Hall–Kier alpha value is -2.89.